The number of amides is 1. The van der Waals surface area contributed by atoms with Crippen molar-refractivity contribution in [3.63, 3.8) is 0 Å². The molecule has 7 heteroatoms. The molecule has 1 aromatic rings. The van der Waals surface area contributed by atoms with E-state index in [-0.39, 0.29) is 12.0 Å². The zero-order chi connectivity index (χ0) is 16.9. The molecule has 1 rings (SSSR count). The minimum atomic E-state index is -1.17. The van der Waals surface area contributed by atoms with Gasteiger partial charge < -0.3 is 15.2 Å². The van der Waals surface area contributed by atoms with Crippen LogP contribution in [0.3, 0.4) is 0 Å². The lowest BCUT2D eigenvalue weighted by molar-refractivity contribution is -0.137. The minimum Gasteiger partial charge on any atom is -0.481 e. The highest BCUT2D eigenvalue weighted by Gasteiger charge is 2.23. The second-order valence-corrected chi connectivity index (χ2v) is 5.86. The van der Waals surface area contributed by atoms with Gasteiger partial charge >= 0.3 is 12.1 Å². The van der Waals surface area contributed by atoms with Gasteiger partial charge in [-0.2, -0.15) is 0 Å². The second kappa shape index (κ2) is 7.20. The van der Waals surface area contributed by atoms with Crippen molar-refractivity contribution in [2.75, 3.05) is 0 Å². The Labute approximate surface area is 127 Å². The van der Waals surface area contributed by atoms with Gasteiger partial charge in [0.25, 0.3) is 0 Å². The van der Waals surface area contributed by atoms with Crippen LogP contribution >= 0.6 is 0 Å². The van der Waals surface area contributed by atoms with E-state index in [2.05, 4.69) is 5.32 Å². The van der Waals surface area contributed by atoms with Gasteiger partial charge in [0, 0.05) is 6.04 Å². The lowest BCUT2D eigenvalue weighted by Crippen LogP contribution is -2.41. The molecule has 0 radical (unpaired) electrons. The SMILES string of the molecule is CC(C)(C)OC(=O)N[C@H](CC(=O)O)Cc1cccc(F)c1F. The van der Waals surface area contributed by atoms with Gasteiger partial charge in [0.05, 0.1) is 6.42 Å². The van der Waals surface area contributed by atoms with E-state index in [1.165, 1.54) is 12.1 Å². The summed E-state index contributed by atoms with van der Waals surface area (Å²) < 4.78 is 31.8. The highest BCUT2D eigenvalue weighted by molar-refractivity contribution is 5.71. The maximum atomic E-state index is 13.6. The molecule has 0 spiro atoms. The van der Waals surface area contributed by atoms with Crippen molar-refractivity contribution in [3.05, 3.63) is 35.4 Å². The van der Waals surface area contributed by atoms with Gasteiger partial charge in [-0.05, 0) is 38.8 Å². The molecule has 2 N–H and O–H groups in total. The number of carbonyl (C=O) groups excluding carboxylic acids is 1. The summed E-state index contributed by atoms with van der Waals surface area (Å²) in [5.74, 6) is -3.24. The van der Waals surface area contributed by atoms with Crippen LogP contribution in [0.4, 0.5) is 13.6 Å². The first-order valence-electron chi connectivity index (χ1n) is 6.72. The molecule has 0 aromatic heterocycles. The number of carboxylic acids is 1. The fourth-order valence-corrected chi connectivity index (χ4v) is 1.83. The van der Waals surface area contributed by atoms with Crippen molar-refractivity contribution < 1.29 is 28.2 Å². The Kier molecular flexibility index (Phi) is 5.84. The van der Waals surface area contributed by atoms with Crippen molar-refractivity contribution in [3.8, 4) is 0 Å². The van der Waals surface area contributed by atoms with Crippen LogP contribution in [-0.2, 0) is 16.0 Å². The maximum absolute atomic E-state index is 13.6. The molecule has 0 saturated heterocycles. The zero-order valence-corrected chi connectivity index (χ0v) is 12.7. The minimum absolute atomic E-state index is 0.0118. The fourth-order valence-electron chi connectivity index (χ4n) is 1.83. The van der Waals surface area contributed by atoms with E-state index in [1.54, 1.807) is 20.8 Å². The van der Waals surface area contributed by atoms with Crippen LogP contribution in [0.1, 0.15) is 32.8 Å². The number of aliphatic carboxylic acids is 1. The highest BCUT2D eigenvalue weighted by Crippen LogP contribution is 2.15. The summed E-state index contributed by atoms with van der Waals surface area (Å²) in [4.78, 5) is 22.6. The third-order valence-electron chi connectivity index (χ3n) is 2.64. The predicted octanol–water partition coefficient (Wildman–Crippen LogP) is 2.88. The largest absolute Gasteiger partial charge is 0.481 e. The van der Waals surface area contributed by atoms with Crippen LogP contribution in [0.15, 0.2) is 18.2 Å². The quantitative estimate of drug-likeness (QED) is 0.876. The zero-order valence-electron chi connectivity index (χ0n) is 12.7. The summed E-state index contributed by atoms with van der Waals surface area (Å²) >= 11 is 0. The lowest BCUT2D eigenvalue weighted by atomic mass is 10.0. The van der Waals surface area contributed by atoms with E-state index in [9.17, 15) is 18.4 Å². The number of ether oxygens (including phenoxy) is 1. The van der Waals surface area contributed by atoms with Crippen LogP contribution in [-0.4, -0.2) is 28.8 Å². The molecular formula is C15H19F2NO4. The summed E-state index contributed by atoms with van der Waals surface area (Å²) in [7, 11) is 0. The molecule has 22 heavy (non-hydrogen) atoms. The third-order valence-corrected chi connectivity index (χ3v) is 2.64. The van der Waals surface area contributed by atoms with Crippen LogP contribution in [0.2, 0.25) is 0 Å². The van der Waals surface area contributed by atoms with E-state index in [1.807, 2.05) is 0 Å². The number of rotatable bonds is 5. The second-order valence-electron chi connectivity index (χ2n) is 5.86. The predicted molar refractivity (Wildman–Crippen MR) is 75.5 cm³/mol. The molecule has 0 bridgehead atoms. The Morgan fingerprint density at radius 3 is 2.50 bits per heavy atom. The van der Waals surface area contributed by atoms with Gasteiger partial charge in [0.1, 0.15) is 5.60 Å². The average Bonchev–Trinajstić information content (AvgIpc) is 2.31. The molecule has 0 aliphatic rings. The average molecular weight is 315 g/mol. The maximum Gasteiger partial charge on any atom is 0.407 e. The molecule has 1 atom stereocenters. The molecule has 1 amide bonds. The number of alkyl carbamates (subject to hydrolysis) is 1. The van der Waals surface area contributed by atoms with E-state index in [0.29, 0.717) is 0 Å². The van der Waals surface area contributed by atoms with Gasteiger partial charge in [0.2, 0.25) is 0 Å². The molecule has 0 heterocycles. The van der Waals surface area contributed by atoms with Crippen molar-refractivity contribution in [2.24, 2.45) is 0 Å². The monoisotopic (exact) mass is 315 g/mol. The van der Waals surface area contributed by atoms with E-state index in [4.69, 9.17) is 9.84 Å². The van der Waals surface area contributed by atoms with Crippen LogP contribution in [0.5, 0.6) is 0 Å². The Morgan fingerprint density at radius 2 is 1.95 bits per heavy atom. The molecule has 0 fully saturated rings. The topological polar surface area (TPSA) is 75.6 Å². The molecule has 0 aliphatic carbocycles. The molecule has 0 saturated carbocycles. The summed E-state index contributed by atoms with van der Waals surface area (Å²) in [5.41, 5.74) is -0.760. The molecule has 5 nitrogen and oxygen atoms in total. The normalized spacial score (nSPS) is 12.6. The first kappa shape index (κ1) is 17.9. The van der Waals surface area contributed by atoms with Gasteiger partial charge in [-0.1, -0.05) is 12.1 Å². The van der Waals surface area contributed by atoms with Gasteiger partial charge in [0.15, 0.2) is 11.6 Å². The Bertz CT molecular complexity index is 555. The standard InChI is InChI=1S/C15H19F2NO4/c1-15(2,3)22-14(21)18-10(8-12(19)20)7-9-5-4-6-11(16)13(9)17/h4-6,10H,7-8H2,1-3H3,(H,18,21)(H,19,20)/t10-/m0/s1. The van der Waals surface area contributed by atoms with Crippen LogP contribution < -0.4 is 5.32 Å². The number of nitrogens with one attached hydrogen (secondary N) is 1. The summed E-state index contributed by atoms with van der Waals surface area (Å²) in [6.45, 7) is 4.97. The number of halogens is 2. The number of carboxylic acid groups (broad SMARTS) is 1. The van der Waals surface area contributed by atoms with E-state index >= 15 is 0 Å². The molecule has 122 valence electrons. The smallest absolute Gasteiger partial charge is 0.407 e. The number of hydrogen-bond acceptors (Lipinski definition) is 3. The van der Waals surface area contributed by atoms with Crippen molar-refractivity contribution in [2.45, 2.75) is 45.3 Å². The molecule has 0 aliphatic heterocycles. The Balaban J connectivity index is 2.82. The van der Waals surface area contributed by atoms with Crippen molar-refractivity contribution >= 4 is 12.1 Å². The summed E-state index contributed by atoms with van der Waals surface area (Å²) in [6, 6.07) is 2.71. The van der Waals surface area contributed by atoms with E-state index < -0.39 is 41.8 Å². The third kappa shape index (κ3) is 6.07. The number of carbonyl (C=O) groups is 2. The summed E-state index contributed by atoms with van der Waals surface area (Å²) in [6.07, 6.45) is -1.40. The van der Waals surface area contributed by atoms with Gasteiger partial charge in [-0.15, -0.1) is 0 Å². The highest BCUT2D eigenvalue weighted by atomic mass is 19.2. The number of benzene rings is 1. The van der Waals surface area contributed by atoms with E-state index in [0.717, 1.165) is 6.07 Å². The molecule has 1 aromatic carbocycles. The summed E-state index contributed by atoms with van der Waals surface area (Å²) in [5, 5.41) is 11.2. The van der Waals surface area contributed by atoms with Crippen molar-refractivity contribution in [1.82, 2.24) is 5.32 Å². The Morgan fingerprint density at radius 1 is 1.32 bits per heavy atom. The van der Waals surface area contributed by atoms with Crippen LogP contribution in [0, 0.1) is 11.6 Å². The van der Waals surface area contributed by atoms with Gasteiger partial charge in [-0.3, -0.25) is 4.79 Å². The van der Waals surface area contributed by atoms with Gasteiger partial charge in [-0.25, -0.2) is 13.6 Å². The number of hydrogen-bond donors (Lipinski definition) is 2. The first-order chi connectivity index (χ1) is 10.1. The first-order valence-corrected chi connectivity index (χ1v) is 6.72. The Hall–Kier alpha value is -2.18. The lowest BCUT2D eigenvalue weighted by Gasteiger charge is -2.23. The molecule has 0 unspecified atom stereocenters. The van der Waals surface area contributed by atoms with Crippen molar-refractivity contribution in [1.29, 1.82) is 0 Å². The fraction of sp³-hybridized carbons (Fsp3) is 0.467. The molecular weight excluding hydrogens is 296 g/mol. The van der Waals surface area contributed by atoms with Crippen LogP contribution in [0.25, 0.3) is 0 Å².